The molecule has 1 fully saturated rings. The normalized spacial score (nSPS) is 17.4. The maximum Gasteiger partial charge on any atom is 0.201 e. The molecule has 1 heterocycles. The summed E-state index contributed by atoms with van der Waals surface area (Å²) < 4.78 is 5.39. The highest BCUT2D eigenvalue weighted by Gasteiger charge is 2.16. The van der Waals surface area contributed by atoms with Crippen molar-refractivity contribution >= 4 is 7.41 Å². The lowest BCUT2D eigenvalue weighted by Gasteiger charge is -2.34. The third-order valence-corrected chi connectivity index (χ3v) is 4.04. The van der Waals surface area contributed by atoms with Gasteiger partial charge in [0.05, 0.1) is 7.11 Å². The van der Waals surface area contributed by atoms with Gasteiger partial charge in [-0.15, -0.1) is 0 Å². The number of nitrogens with zero attached hydrogens (tertiary/aromatic N) is 2. The Labute approximate surface area is 117 Å². The van der Waals surface area contributed by atoms with Crippen LogP contribution in [0.2, 0.25) is 6.82 Å². The molecule has 1 aromatic rings. The topological polar surface area (TPSA) is 15.7 Å². The van der Waals surface area contributed by atoms with E-state index in [-0.39, 0.29) is 0 Å². The average Bonchev–Trinajstić information content (AvgIpc) is 2.48. The molecule has 0 atom stereocenters. The smallest absolute Gasteiger partial charge is 0.201 e. The minimum absolute atomic E-state index is 1.02. The molecule has 0 N–H and O–H groups in total. The van der Waals surface area contributed by atoms with Gasteiger partial charge in [-0.25, -0.2) is 0 Å². The average molecular weight is 260 g/mol. The quantitative estimate of drug-likeness (QED) is 0.750. The van der Waals surface area contributed by atoms with Crippen molar-refractivity contribution in [2.45, 2.75) is 26.7 Å². The molecule has 19 heavy (non-hydrogen) atoms. The SMILES string of the molecule is CBN1CCN(Cc2ccc(OC)c(CC)c2)CC1. The third-order valence-electron chi connectivity index (χ3n) is 4.04. The lowest BCUT2D eigenvalue weighted by molar-refractivity contribution is 0.182. The summed E-state index contributed by atoms with van der Waals surface area (Å²) in [5.41, 5.74) is 2.72. The second-order valence-corrected chi connectivity index (χ2v) is 5.21. The Bertz CT molecular complexity index is 403. The second kappa shape index (κ2) is 6.97. The third kappa shape index (κ3) is 3.74. The number of hydrogen-bond acceptors (Lipinski definition) is 3. The first-order valence-electron chi connectivity index (χ1n) is 7.37. The Morgan fingerprint density at radius 3 is 2.53 bits per heavy atom. The maximum atomic E-state index is 5.39. The summed E-state index contributed by atoms with van der Waals surface area (Å²) in [5.74, 6) is 1.02. The highest BCUT2D eigenvalue weighted by molar-refractivity contribution is 6.29. The molecule has 0 aliphatic carbocycles. The predicted octanol–water partition coefficient (Wildman–Crippen LogP) is 1.77. The minimum Gasteiger partial charge on any atom is -0.496 e. The summed E-state index contributed by atoms with van der Waals surface area (Å²) >= 11 is 0. The highest BCUT2D eigenvalue weighted by Crippen LogP contribution is 2.21. The van der Waals surface area contributed by atoms with Gasteiger partial charge >= 0.3 is 0 Å². The van der Waals surface area contributed by atoms with Crippen LogP contribution in [0.25, 0.3) is 0 Å². The van der Waals surface area contributed by atoms with E-state index in [9.17, 15) is 0 Å². The van der Waals surface area contributed by atoms with Crippen molar-refractivity contribution in [3.63, 3.8) is 0 Å². The molecule has 0 spiro atoms. The summed E-state index contributed by atoms with van der Waals surface area (Å²) in [6, 6.07) is 6.60. The van der Waals surface area contributed by atoms with Crippen molar-refractivity contribution in [3.05, 3.63) is 29.3 Å². The molecular weight excluding hydrogens is 235 g/mol. The molecule has 0 saturated carbocycles. The fraction of sp³-hybridized carbons (Fsp3) is 0.600. The summed E-state index contributed by atoms with van der Waals surface area (Å²) in [6.45, 7) is 10.3. The number of rotatable bonds is 5. The molecule has 4 heteroatoms. The van der Waals surface area contributed by atoms with Gasteiger partial charge in [-0.05, 0) is 36.7 Å². The molecule has 0 radical (unpaired) electrons. The summed E-state index contributed by atoms with van der Waals surface area (Å²) in [7, 11) is 2.93. The molecule has 0 amide bonds. The fourth-order valence-corrected chi connectivity index (χ4v) is 2.73. The number of hydrogen-bond donors (Lipinski definition) is 0. The van der Waals surface area contributed by atoms with Crippen LogP contribution in [0.5, 0.6) is 5.75 Å². The molecule has 0 bridgehead atoms. The van der Waals surface area contributed by atoms with Crippen molar-refractivity contribution in [3.8, 4) is 5.75 Å². The van der Waals surface area contributed by atoms with Crippen molar-refractivity contribution in [1.29, 1.82) is 0 Å². The molecule has 104 valence electrons. The second-order valence-electron chi connectivity index (χ2n) is 5.21. The fourth-order valence-electron chi connectivity index (χ4n) is 2.73. The summed E-state index contributed by atoms with van der Waals surface area (Å²) in [4.78, 5) is 5.06. The zero-order valence-corrected chi connectivity index (χ0v) is 12.5. The first kappa shape index (κ1) is 14.4. The van der Waals surface area contributed by atoms with Gasteiger partial charge in [-0.2, -0.15) is 0 Å². The number of methoxy groups -OCH3 is 1. The van der Waals surface area contributed by atoms with E-state index in [1.165, 1.54) is 44.7 Å². The van der Waals surface area contributed by atoms with Crippen LogP contribution in [0.15, 0.2) is 18.2 Å². The maximum absolute atomic E-state index is 5.39. The Morgan fingerprint density at radius 1 is 1.21 bits per heavy atom. The van der Waals surface area contributed by atoms with E-state index < -0.39 is 0 Å². The Morgan fingerprint density at radius 2 is 1.95 bits per heavy atom. The lowest BCUT2D eigenvalue weighted by Crippen LogP contribution is -2.46. The van der Waals surface area contributed by atoms with Crippen LogP contribution in [-0.2, 0) is 13.0 Å². The van der Waals surface area contributed by atoms with Crippen LogP contribution in [-0.4, -0.2) is 50.4 Å². The molecule has 1 aliphatic rings. The number of aryl methyl sites for hydroxylation is 1. The van der Waals surface area contributed by atoms with Crippen molar-refractivity contribution in [2.24, 2.45) is 0 Å². The Balaban J connectivity index is 1.96. The van der Waals surface area contributed by atoms with Crippen molar-refractivity contribution in [1.82, 2.24) is 9.71 Å². The first-order valence-corrected chi connectivity index (χ1v) is 7.37. The van der Waals surface area contributed by atoms with Crippen LogP contribution in [0.3, 0.4) is 0 Å². The molecule has 1 aliphatic heterocycles. The predicted molar refractivity (Wildman–Crippen MR) is 82.2 cm³/mol. The van der Waals surface area contributed by atoms with Gasteiger partial charge < -0.3 is 9.55 Å². The van der Waals surface area contributed by atoms with Gasteiger partial charge in [0.2, 0.25) is 7.41 Å². The molecule has 2 rings (SSSR count). The van der Waals surface area contributed by atoms with E-state index in [1.54, 1.807) is 7.11 Å². The van der Waals surface area contributed by atoms with Gasteiger partial charge in [0, 0.05) is 19.6 Å². The monoisotopic (exact) mass is 260 g/mol. The Hall–Kier alpha value is -0.995. The van der Waals surface area contributed by atoms with Gasteiger partial charge in [0.1, 0.15) is 5.75 Å². The van der Waals surface area contributed by atoms with E-state index in [0.29, 0.717) is 0 Å². The van der Waals surface area contributed by atoms with E-state index in [1.807, 2.05) is 0 Å². The zero-order chi connectivity index (χ0) is 13.7. The van der Waals surface area contributed by atoms with Gasteiger partial charge in [0.15, 0.2) is 0 Å². The number of benzene rings is 1. The van der Waals surface area contributed by atoms with Crippen LogP contribution < -0.4 is 4.74 Å². The van der Waals surface area contributed by atoms with Crippen molar-refractivity contribution in [2.75, 3.05) is 33.3 Å². The van der Waals surface area contributed by atoms with E-state index in [2.05, 4.69) is 41.7 Å². The van der Waals surface area contributed by atoms with Gasteiger partial charge in [-0.1, -0.05) is 25.9 Å². The van der Waals surface area contributed by atoms with E-state index >= 15 is 0 Å². The first-order chi connectivity index (χ1) is 9.26. The molecular formula is C15H25BN2O. The van der Waals surface area contributed by atoms with Gasteiger partial charge in [0.25, 0.3) is 0 Å². The van der Waals surface area contributed by atoms with E-state index in [0.717, 1.165) is 18.7 Å². The molecule has 1 saturated heterocycles. The van der Waals surface area contributed by atoms with Gasteiger partial charge in [-0.3, -0.25) is 4.90 Å². The largest absolute Gasteiger partial charge is 0.496 e. The minimum atomic E-state index is 1.02. The lowest BCUT2D eigenvalue weighted by atomic mass is 9.94. The van der Waals surface area contributed by atoms with Crippen LogP contribution in [0.1, 0.15) is 18.1 Å². The molecule has 0 unspecified atom stereocenters. The summed E-state index contributed by atoms with van der Waals surface area (Å²) in [5, 5.41) is 0. The molecule has 0 aromatic heterocycles. The number of piperazine rings is 1. The van der Waals surface area contributed by atoms with Crippen molar-refractivity contribution < 1.29 is 4.74 Å². The van der Waals surface area contributed by atoms with Crippen LogP contribution in [0.4, 0.5) is 0 Å². The number of ether oxygens (including phenoxy) is 1. The van der Waals surface area contributed by atoms with Crippen LogP contribution >= 0.6 is 0 Å². The van der Waals surface area contributed by atoms with E-state index in [4.69, 9.17) is 4.74 Å². The van der Waals surface area contributed by atoms with Crippen LogP contribution in [0, 0.1) is 0 Å². The zero-order valence-electron chi connectivity index (χ0n) is 12.5. The molecule has 3 nitrogen and oxygen atoms in total. The summed E-state index contributed by atoms with van der Waals surface area (Å²) in [6.07, 6.45) is 1.03. The Kier molecular flexibility index (Phi) is 5.29. The standard InChI is InChI=1S/C15H25BN2O/c1-4-14-11-13(5-6-15(14)19-3)12-17-7-9-18(16-2)10-8-17/h5-6,11,16H,4,7-10,12H2,1-3H3. The molecule has 1 aromatic carbocycles. The highest BCUT2D eigenvalue weighted by atomic mass is 16.5.